The highest BCUT2D eigenvalue weighted by Gasteiger charge is 2.36. The first kappa shape index (κ1) is 29.3. The van der Waals surface area contributed by atoms with Crippen LogP contribution in [0.1, 0.15) is 34.0 Å². The van der Waals surface area contributed by atoms with Gasteiger partial charge in [0.1, 0.15) is 24.9 Å². The van der Waals surface area contributed by atoms with E-state index >= 15 is 0 Å². The molecule has 1 aromatic heterocycles. The average molecular weight is 629 g/mol. The summed E-state index contributed by atoms with van der Waals surface area (Å²) >= 11 is 0. The minimum absolute atomic E-state index is 0.0911. The molecule has 2 aliphatic rings. The second kappa shape index (κ2) is 11.8. The van der Waals surface area contributed by atoms with Crippen molar-refractivity contribution in [3.63, 3.8) is 0 Å². The van der Waals surface area contributed by atoms with Gasteiger partial charge in [-0.3, -0.25) is 4.90 Å². The maximum atomic E-state index is 13.8. The van der Waals surface area contributed by atoms with Gasteiger partial charge in [0, 0.05) is 30.2 Å². The molecule has 0 saturated heterocycles. The van der Waals surface area contributed by atoms with Gasteiger partial charge >= 0.3 is 0 Å². The minimum atomic E-state index is -4.19. The molecule has 2 aliphatic heterocycles. The van der Waals surface area contributed by atoms with Crippen LogP contribution in [0.2, 0.25) is 0 Å². The molecule has 1 atom stereocenters. The third-order valence-electron chi connectivity index (χ3n) is 8.80. The van der Waals surface area contributed by atoms with Crippen LogP contribution in [0.3, 0.4) is 0 Å². The first-order valence-electron chi connectivity index (χ1n) is 14.8. The first-order valence-corrected chi connectivity index (χ1v) is 16.2. The van der Waals surface area contributed by atoms with E-state index in [1.165, 1.54) is 29.3 Å². The quantitative estimate of drug-likeness (QED) is 0.175. The van der Waals surface area contributed by atoms with Crippen LogP contribution in [0, 0.1) is 5.82 Å². The van der Waals surface area contributed by atoms with Gasteiger partial charge in [-0.2, -0.15) is 8.42 Å². The summed E-state index contributed by atoms with van der Waals surface area (Å²) < 4.78 is 64.9. The van der Waals surface area contributed by atoms with Crippen molar-refractivity contribution in [1.29, 1.82) is 0 Å². The number of benzene rings is 4. The number of aromatic nitrogens is 1. The van der Waals surface area contributed by atoms with E-state index in [-0.39, 0.29) is 17.7 Å². The zero-order valence-electron chi connectivity index (χ0n) is 25.0. The Morgan fingerprint density at radius 1 is 0.911 bits per heavy atom. The summed E-state index contributed by atoms with van der Waals surface area (Å²) in [4.78, 5) is 2.20. The van der Waals surface area contributed by atoms with Crippen LogP contribution < -0.4 is 14.2 Å². The molecule has 3 heterocycles. The molecule has 8 nitrogen and oxygen atoms in total. The number of rotatable bonds is 9. The maximum absolute atomic E-state index is 13.8. The number of nitrogens with zero attached hydrogens (tertiary/aromatic N) is 2. The molecule has 232 valence electrons. The Morgan fingerprint density at radius 2 is 1.76 bits per heavy atom. The monoisotopic (exact) mass is 628 g/mol. The number of methoxy groups -OCH3 is 2. The predicted octanol–water partition coefficient (Wildman–Crippen LogP) is 6.40. The molecular formula is C35H33FN2O6S. The van der Waals surface area contributed by atoms with Crippen molar-refractivity contribution < 1.29 is 31.2 Å². The topological polar surface area (TPSA) is 79.2 Å². The zero-order valence-corrected chi connectivity index (χ0v) is 25.8. The van der Waals surface area contributed by atoms with Gasteiger partial charge in [0.2, 0.25) is 0 Å². The lowest BCUT2D eigenvalue weighted by molar-refractivity contribution is 0.149. The van der Waals surface area contributed by atoms with Crippen molar-refractivity contribution in [2.75, 3.05) is 20.8 Å². The van der Waals surface area contributed by atoms with E-state index in [1.54, 1.807) is 14.2 Å². The fourth-order valence-corrected chi connectivity index (χ4v) is 7.42. The predicted molar refractivity (Wildman–Crippen MR) is 167 cm³/mol. The Morgan fingerprint density at radius 3 is 2.53 bits per heavy atom. The fraction of sp³-hybridized carbons (Fsp3) is 0.257. The SMILES string of the molecule is COc1ccc2c(c1)c1c(n2COS(=O)(=O)c2cccc(F)c2)CN2CCc3cc(OC)c(OCc4ccccc4)cc3C2C1. The summed E-state index contributed by atoms with van der Waals surface area (Å²) in [6, 6.07) is 25.0. The second-order valence-corrected chi connectivity index (χ2v) is 12.9. The summed E-state index contributed by atoms with van der Waals surface area (Å²) in [5, 5.41) is 0.983. The molecule has 7 rings (SSSR count). The molecule has 0 spiro atoms. The number of hydrogen-bond acceptors (Lipinski definition) is 7. The van der Waals surface area contributed by atoms with Gasteiger partial charge in [-0.05, 0) is 83.6 Å². The van der Waals surface area contributed by atoms with Crippen molar-refractivity contribution in [3.8, 4) is 17.2 Å². The van der Waals surface area contributed by atoms with Crippen LogP contribution in [-0.2, 0) is 47.0 Å². The second-order valence-electron chi connectivity index (χ2n) is 11.3. The van der Waals surface area contributed by atoms with Gasteiger partial charge in [-0.1, -0.05) is 36.4 Å². The normalized spacial score (nSPS) is 16.1. The number of hydrogen-bond donors (Lipinski definition) is 0. The fourth-order valence-electron chi connectivity index (χ4n) is 6.53. The molecule has 0 amide bonds. The van der Waals surface area contributed by atoms with Crippen molar-refractivity contribution in [2.45, 2.75) is 43.7 Å². The molecular weight excluding hydrogens is 595 g/mol. The zero-order chi connectivity index (χ0) is 31.1. The van der Waals surface area contributed by atoms with Crippen LogP contribution in [0.5, 0.6) is 17.2 Å². The minimum Gasteiger partial charge on any atom is -0.497 e. The Kier molecular flexibility index (Phi) is 7.72. The van der Waals surface area contributed by atoms with E-state index < -0.39 is 15.9 Å². The maximum Gasteiger partial charge on any atom is 0.298 e. The lowest BCUT2D eigenvalue weighted by Crippen LogP contribution is -2.40. The van der Waals surface area contributed by atoms with E-state index in [9.17, 15) is 12.8 Å². The summed E-state index contributed by atoms with van der Waals surface area (Å²) in [6.45, 7) is 1.63. The van der Waals surface area contributed by atoms with Gasteiger partial charge in [0.25, 0.3) is 10.1 Å². The van der Waals surface area contributed by atoms with Gasteiger partial charge in [-0.25, -0.2) is 8.57 Å². The van der Waals surface area contributed by atoms with Crippen LogP contribution in [-0.4, -0.2) is 38.6 Å². The molecule has 10 heteroatoms. The highest BCUT2D eigenvalue weighted by atomic mass is 32.2. The summed E-state index contributed by atoms with van der Waals surface area (Å²) in [6.07, 6.45) is 1.55. The largest absolute Gasteiger partial charge is 0.497 e. The molecule has 0 aliphatic carbocycles. The molecule has 0 fully saturated rings. The molecule has 4 aromatic carbocycles. The van der Waals surface area contributed by atoms with Crippen molar-refractivity contribution in [1.82, 2.24) is 9.47 Å². The van der Waals surface area contributed by atoms with E-state index in [1.807, 2.05) is 53.1 Å². The Labute approximate surface area is 261 Å². The lowest BCUT2D eigenvalue weighted by Gasteiger charge is -2.41. The Bertz CT molecular complexity index is 1990. The Hall–Kier alpha value is -4.38. The average Bonchev–Trinajstić information content (AvgIpc) is 3.37. The van der Waals surface area contributed by atoms with Gasteiger partial charge in [0.15, 0.2) is 11.5 Å². The Balaban J connectivity index is 1.24. The molecule has 1 unspecified atom stereocenters. The third-order valence-corrected chi connectivity index (χ3v) is 10.0. The molecule has 0 saturated carbocycles. The van der Waals surface area contributed by atoms with Crippen molar-refractivity contribution in [3.05, 3.63) is 119 Å². The van der Waals surface area contributed by atoms with Crippen LogP contribution in [0.4, 0.5) is 4.39 Å². The van der Waals surface area contributed by atoms with Gasteiger partial charge in [-0.15, -0.1) is 0 Å². The van der Waals surface area contributed by atoms with Crippen LogP contribution in [0.15, 0.2) is 89.8 Å². The summed E-state index contributed by atoms with van der Waals surface area (Å²) in [5.41, 5.74) is 6.45. The smallest absolute Gasteiger partial charge is 0.298 e. The van der Waals surface area contributed by atoms with Gasteiger partial charge in [0.05, 0.1) is 24.6 Å². The molecule has 5 aromatic rings. The van der Waals surface area contributed by atoms with Crippen molar-refractivity contribution >= 4 is 21.0 Å². The van der Waals surface area contributed by atoms with Crippen molar-refractivity contribution in [2.24, 2.45) is 0 Å². The van der Waals surface area contributed by atoms with Crippen LogP contribution >= 0.6 is 0 Å². The highest BCUT2D eigenvalue weighted by Crippen LogP contribution is 2.45. The number of ether oxygens (including phenoxy) is 3. The lowest BCUT2D eigenvalue weighted by atomic mass is 9.85. The summed E-state index contributed by atoms with van der Waals surface area (Å²) in [7, 11) is -0.900. The van der Waals surface area contributed by atoms with E-state index in [0.29, 0.717) is 36.8 Å². The molecule has 0 N–H and O–H groups in total. The van der Waals surface area contributed by atoms with Gasteiger partial charge < -0.3 is 18.8 Å². The third kappa shape index (κ3) is 5.54. The molecule has 0 radical (unpaired) electrons. The van der Waals surface area contributed by atoms with E-state index in [4.69, 9.17) is 18.4 Å². The number of fused-ring (bicyclic) bond motifs is 6. The highest BCUT2D eigenvalue weighted by molar-refractivity contribution is 7.86. The standard InChI is InChI=1S/C35H33FN2O6S/c1-41-26-11-12-31-29(17-26)30-18-32-28-19-35(43-21-23-7-4-3-5-8-23)34(42-2)15-24(28)13-14-37(32)20-33(30)38(31)22-44-45(39,40)27-10-6-9-25(36)16-27/h3-12,15-17,19,32H,13-14,18,20-22H2,1-2H3. The summed E-state index contributed by atoms with van der Waals surface area (Å²) in [5.74, 6) is 1.49. The number of halogens is 1. The van der Waals surface area contributed by atoms with E-state index in [2.05, 4.69) is 17.0 Å². The first-order chi connectivity index (χ1) is 21.8. The van der Waals surface area contributed by atoms with E-state index in [0.717, 1.165) is 46.8 Å². The molecule has 0 bridgehead atoms. The molecule has 45 heavy (non-hydrogen) atoms. The van der Waals surface area contributed by atoms with Crippen LogP contribution in [0.25, 0.3) is 10.9 Å².